The fourth-order valence-corrected chi connectivity index (χ4v) is 1.97. The molecule has 0 saturated carbocycles. The highest BCUT2D eigenvalue weighted by Gasteiger charge is 2.16. The van der Waals surface area contributed by atoms with Crippen molar-refractivity contribution in [3.63, 3.8) is 0 Å². The standard InChI is InChI=1S/C11H9ClN6O/c12-5-1-3-6(4-2-5)18-10(14)7-8(17-18)11(19)16-15-9(7)13/h1-4H,14H2,(H2,13,15)(H,16,19). The van der Waals surface area contributed by atoms with Crippen LogP contribution in [0.5, 0.6) is 0 Å². The molecule has 0 fully saturated rings. The van der Waals surface area contributed by atoms with Crippen LogP contribution in [0.1, 0.15) is 0 Å². The van der Waals surface area contributed by atoms with E-state index in [2.05, 4.69) is 15.3 Å². The van der Waals surface area contributed by atoms with E-state index < -0.39 is 5.56 Å². The van der Waals surface area contributed by atoms with Crippen molar-refractivity contribution in [1.29, 1.82) is 0 Å². The molecule has 0 spiro atoms. The van der Waals surface area contributed by atoms with Gasteiger partial charge in [0.05, 0.1) is 11.1 Å². The number of H-pyrrole nitrogens is 1. The predicted octanol–water partition coefficient (Wildman–Crippen LogP) is 0.927. The van der Waals surface area contributed by atoms with E-state index in [1.54, 1.807) is 24.3 Å². The number of aromatic amines is 1. The van der Waals surface area contributed by atoms with Crippen LogP contribution in [0.25, 0.3) is 16.6 Å². The Hall–Kier alpha value is -2.54. The van der Waals surface area contributed by atoms with Crippen LogP contribution < -0.4 is 17.0 Å². The van der Waals surface area contributed by atoms with Crippen LogP contribution in [-0.4, -0.2) is 20.0 Å². The summed E-state index contributed by atoms with van der Waals surface area (Å²) in [4.78, 5) is 11.7. The lowest BCUT2D eigenvalue weighted by molar-refractivity contribution is 0.901. The summed E-state index contributed by atoms with van der Waals surface area (Å²) < 4.78 is 1.42. The number of rotatable bonds is 1. The Kier molecular flexibility index (Phi) is 2.42. The van der Waals surface area contributed by atoms with Gasteiger partial charge in [-0.1, -0.05) is 11.6 Å². The Bertz CT molecular complexity index is 820. The molecule has 0 bridgehead atoms. The molecular formula is C11H9ClN6O. The Morgan fingerprint density at radius 3 is 2.53 bits per heavy atom. The van der Waals surface area contributed by atoms with Crippen LogP contribution >= 0.6 is 11.6 Å². The van der Waals surface area contributed by atoms with Gasteiger partial charge in [0.15, 0.2) is 11.3 Å². The lowest BCUT2D eigenvalue weighted by atomic mass is 10.3. The molecule has 0 unspecified atom stereocenters. The minimum atomic E-state index is -0.441. The molecule has 2 aromatic heterocycles. The van der Waals surface area contributed by atoms with Gasteiger partial charge in [-0.05, 0) is 24.3 Å². The van der Waals surface area contributed by atoms with Gasteiger partial charge >= 0.3 is 0 Å². The number of anilines is 2. The summed E-state index contributed by atoms with van der Waals surface area (Å²) >= 11 is 5.82. The number of hydrogen-bond acceptors (Lipinski definition) is 5. The Morgan fingerprint density at radius 2 is 1.89 bits per heavy atom. The van der Waals surface area contributed by atoms with Crippen LogP contribution in [0.4, 0.5) is 11.6 Å². The minimum Gasteiger partial charge on any atom is -0.383 e. The molecule has 2 heterocycles. The van der Waals surface area contributed by atoms with Crippen LogP contribution in [-0.2, 0) is 0 Å². The fourth-order valence-electron chi connectivity index (χ4n) is 1.84. The molecule has 0 aliphatic carbocycles. The highest BCUT2D eigenvalue weighted by atomic mass is 35.5. The lowest BCUT2D eigenvalue weighted by Gasteiger charge is -2.03. The van der Waals surface area contributed by atoms with E-state index >= 15 is 0 Å². The maximum absolute atomic E-state index is 11.7. The first-order valence-electron chi connectivity index (χ1n) is 5.36. The molecule has 96 valence electrons. The zero-order valence-electron chi connectivity index (χ0n) is 9.59. The van der Waals surface area contributed by atoms with E-state index in [0.717, 1.165) is 0 Å². The van der Waals surface area contributed by atoms with Crippen molar-refractivity contribution >= 4 is 34.1 Å². The normalized spacial score (nSPS) is 11.0. The third-order valence-corrected chi connectivity index (χ3v) is 2.99. The second-order valence-corrected chi connectivity index (χ2v) is 4.37. The molecule has 1 aromatic carbocycles. The van der Waals surface area contributed by atoms with Crippen molar-refractivity contribution < 1.29 is 0 Å². The van der Waals surface area contributed by atoms with Gasteiger partial charge in [-0.3, -0.25) is 4.79 Å². The average Bonchev–Trinajstić information content (AvgIpc) is 2.74. The summed E-state index contributed by atoms with van der Waals surface area (Å²) in [6.45, 7) is 0. The molecule has 0 atom stereocenters. The average molecular weight is 277 g/mol. The molecule has 8 heteroatoms. The summed E-state index contributed by atoms with van der Waals surface area (Å²) in [7, 11) is 0. The third-order valence-electron chi connectivity index (χ3n) is 2.74. The molecule has 7 nitrogen and oxygen atoms in total. The first-order valence-corrected chi connectivity index (χ1v) is 5.74. The summed E-state index contributed by atoms with van der Waals surface area (Å²) in [6.07, 6.45) is 0. The van der Waals surface area contributed by atoms with Gasteiger partial charge < -0.3 is 11.5 Å². The number of nitrogens with one attached hydrogen (secondary N) is 1. The molecule has 0 aliphatic heterocycles. The number of benzene rings is 1. The molecule has 0 aliphatic rings. The summed E-state index contributed by atoms with van der Waals surface area (Å²) in [5.41, 5.74) is 12.1. The summed E-state index contributed by atoms with van der Waals surface area (Å²) in [6, 6.07) is 6.88. The number of hydrogen-bond donors (Lipinski definition) is 3. The molecule has 3 aromatic rings. The third kappa shape index (κ3) is 1.71. The monoisotopic (exact) mass is 276 g/mol. The predicted molar refractivity (Wildman–Crippen MR) is 73.3 cm³/mol. The van der Waals surface area contributed by atoms with Gasteiger partial charge in [-0.2, -0.15) is 10.2 Å². The first kappa shape index (κ1) is 11.5. The zero-order chi connectivity index (χ0) is 13.6. The van der Waals surface area contributed by atoms with E-state index in [-0.39, 0.29) is 17.2 Å². The van der Waals surface area contributed by atoms with Crippen LogP contribution in [0.2, 0.25) is 5.02 Å². The maximum Gasteiger partial charge on any atom is 0.292 e. The second-order valence-electron chi connectivity index (χ2n) is 3.94. The van der Waals surface area contributed by atoms with Crippen molar-refractivity contribution in [2.75, 3.05) is 11.5 Å². The number of halogens is 1. The molecule has 19 heavy (non-hydrogen) atoms. The number of nitrogens with two attached hydrogens (primary N) is 2. The summed E-state index contributed by atoms with van der Waals surface area (Å²) in [5, 5.41) is 11.0. The molecule has 5 N–H and O–H groups in total. The van der Waals surface area contributed by atoms with Gasteiger partial charge in [0.1, 0.15) is 5.82 Å². The lowest BCUT2D eigenvalue weighted by Crippen LogP contribution is -2.10. The Labute approximate surface area is 111 Å². The van der Waals surface area contributed by atoms with Crippen molar-refractivity contribution in [2.45, 2.75) is 0 Å². The van der Waals surface area contributed by atoms with Gasteiger partial charge in [0, 0.05) is 5.02 Å². The quantitative estimate of drug-likeness (QED) is 0.611. The van der Waals surface area contributed by atoms with Crippen LogP contribution in [0.3, 0.4) is 0 Å². The van der Waals surface area contributed by atoms with Crippen molar-refractivity contribution in [1.82, 2.24) is 20.0 Å². The topological polar surface area (TPSA) is 116 Å². The minimum absolute atomic E-state index is 0.132. The van der Waals surface area contributed by atoms with Crippen molar-refractivity contribution in [3.8, 4) is 5.69 Å². The molecule has 0 amide bonds. The fraction of sp³-hybridized carbons (Fsp3) is 0. The summed E-state index contributed by atoms with van der Waals surface area (Å²) in [5.74, 6) is 0.390. The highest BCUT2D eigenvalue weighted by molar-refractivity contribution is 6.30. The molecular weight excluding hydrogens is 268 g/mol. The molecule has 0 saturated heterocycles. The van der Waals surface area contributed by atoms with Gasteiger partial charge in [0.25, 0.3) is 5.56 Å². The SMILES string of the molecule is Nc1n[nH]c(=O)c2nn(-c3ccc(Cl)cc3)c(N)c12. The number of nitrogens with zero attached hydrogens (tertiary/aromatic N) is 3. The van der Waals surface area contributed by atoms with E-state index in [1.807, 2.05) is 0 Å². The van der Waals surface area contributed by atoms with Crippen molar-refractivity contribution in [2.24, 2.45) is 0 Å². The van der Waals surface area contributed by atoms with E-state index in [1.165, 1.54) is 4.68 Å². The Morgan fingerprint density at radius 1 is 1.21 bits per heavy atom. The van der Waals surface area contributed by atoms with E-state index in [0.29, 0.717) is 16.1 Å². The second kappa shape index (κ2) is 3.99. The smallest absolute Gasteiger partial charge is 0.292 e. The van der Waals surface area contributed by atoms with Gasteiger partial charge in [-0.25, -0.2) is 9.78 Å². The van der Waals surface area contributed by atoms with Crippen LogP contribution in [0.15, 0.2) is 29.1 Å². The first-order chi connectivity index (χ1) is 9.08. The molecule has 3 rings (SSSR count). The van der Waals surface area contributed by atoms with Crippen molar-refractivity contribution in [3.05, 3.63) is 39.6 Å². The van der Waals surface area contributed by atoms with E-state index in [4.69, 9.17) is 23.1 Å². The largest absolute Gasteiger partial charge is 0.383 e. The zero-order valence-corrected chi connectivity index (χ0v) is 10.3. The van der Waals surface area contributed by atoms with Crippen LogP contribution in [0, 0.1) is 0 Å². The maximum atomic E-state index is 11.7. The number of fused-ring (bicyclic) bond motifs is 1. The number of aromatic nitrogens is 4. The number of nitrogen functional groups attached to an aromatic ring is 2. The highest BCUT2D eigenvalue weighted by Crippen LogP contribution is 2.25. The van der Waals surface area contributed by atoms with E-state index in [9.17, 15) is 4.79 Å². The van der Waals surface area contributed by atoms with Gasteiger partial charge in [0.2, 0.25) is 0 Å². The van der Waals surface area contributed by atoms with Gasteiger partial charge in [-0.15, -0.1) is 0 Å². The Balaban J connectivity index is 2.34. The molecule has 0 radical (unpaired) electrons.